The Kier molecular flexibility index (Phi) is 4.94. The Balaban J connectivity index is 3.05. The molecule has 0 atom stereocenters. The van der Waals surface area contributed by atoms with Crippen LogP contribution in [0.2, 0.25) is 0 Å². The third-order valence-electron chi connectivity index (χ3n) is 2.53. The van der Waals surface area contributed by atoms with E-state index in [1.807, 2.05) is 6.92 Å². The molecule has 0 fully saturated rings. The number of hydrogen-bond donors (Lipinski definition) is 2. The summed E-state index contributed by atoms with van der Waals surface area (Å²) in [4.78, 5) is -0.0804. The summed E-state index contributed by atoms with van der Waals surface area (Å²) in [7, 11) is -7.32. The first-order valence-corrected chi connectivity index (χ1v) is 8.99. The van der Waals surface area contributed by atoms with Gasteiger partial charge in [0.15, 0.2) is 0 Å². The largest absolute Gasteiger partial charge is 0.284 e. The molecule has 1 aromatic rings. The minimum Gasteiger partial charge on any atom is -0.284 e. The second-order valence-electron chi connectivity index (χ2n) is 4.30. The number of benzene rings is 1. The van der Waals surface area contributed by atoms with Crippen molar-refractivity contribution in [1.82, 2.24) is 0 Å². The maximum Gasteiger partial charge on any atom is 0.238 e. The molecular weight excluding hydrogens is 288 g/mol. The van der Waals surface area contributed by atoms with Gasteiger partial charge in [0, 0.05) is 5.69 Å². The molecule has 1 aromatic carbocycles. The number of sulfonamides is 2. The standard InChI is InChI=1S/C11H18N2O4S2/c1-3-4-7-18(14,15)13-10-6-5-9(2)11(8-10)19(12,16)17/h5-6,8,13H,3-4,7H2,1-2H3,(H2,12,16,17). The molecule has 0 spiro atoms. The minimum absolute atomic E-state index is 0.00207. The normalized spacial score (nSPS) is 12.4. The fourth-order valence-corrected chi connectivity index (χ4v) is 3.60. The molecule has 6 nitrogen and oxygen atoms in total. The van der Waals surface area contributed by atoms with Crippen LogP contribution >= 0.6 is 0 Å². The van der Waals surface area contributed by atoms with Gasteiger partial charge in [-0.25, -0.2) is 22.0 Å². The van der Waals surface area contributed by atoms with Crippen LogP contribution in [0.15, 0.2) is 23.1 Å². The molecule has 0 aliphatic rings. The monoisotopic (exact) mass is 306 g/mol. The molecule has 108 valence electrons. The highest BCUT2D eigenvalue weighted by atomic mass is 32.2. The quantitative estimate of drug-likeness (QED) is 0.823. The lowest BCUT2D eigenvalue weighted by atomic mass is 10.2. The molecule has 0 saturated carbocycles. The highest BCUT2D eigenvalue weighted by Gasteiger charge is 2.15. The van der Waals surface area contributed by atoms with Gasteiger partial charge < -0.3 is 0 Å². The van der Waals surface area contributed by atoms with Crippen molar-refractivity contribution in [1.29, 1.82) is 0 Å². The minimum atomic E-state index is -3.86. The van der Waals surface area contributed by atoms with E-state index >= 15 is 0 Å². The number of aryl methyl sites for hydroxylation is 1. The Morgan fingerprint density at radius 2 is 1.84 bits per heavy atom. The Hall–Kier alpha value is -1.12. The first-order chi connectivity index (χ1) is 8.65. The molecule has 19 heavy (non-hydrogen) atoms. The van der Waals surface area contributed by atoms with Gasteiger partial charge in [0.1, 0.15) is 0 Å². The Bertz CT molecular complexity index is 651. The van der Waals surface area contributed by atoms with Crippen molar-refractivity contribution in [3.05, 3.63) is 23.8 Å². The van der Waals surface area contributed by atoms with Crippen LogP contribution in [0.4, 0.5) is 5.69 Å². The summed E-state index contributed by atoms with van der Waals surface area (Å²) in [5.41, 5.74) is 0.671. The van der Waals surface area contributed by atoms with Crippen LogP contribution in [0, 0.1) is 6.92 Å². The molecule has 1 rings (SSSR count). The molecule has 0 aliphatic heterocycles. The molecule has 0 amide bonds. The number of anilines is 1. The highest BCUT2D eigenvalue weighted by Crippen LogP contribution is 2.20. The second-order valence-corrected chi connectivity index (χ2v) is 7.67. The van der Waals surface area contributed by atoms with E-state index in [1.165, 1.54) is 18.2 Å². The lowest BCUT2D eigenvalue weighted by Gasteiger charge is -2.10. The Morgan fingerprint density at radius 1 is 1.21 bits per heavy atom. The Labute approximate surface area is 114 Å². The third-order valence-corrected chi connectivity index (χ3v) is 4.96. The summed E-state index contributed by atoms with van der Waals surface area (Å²) >= 11 is 0. The summed E-state index contributed by atoms with van der Waals surface area (Å²) in [6.07, 6.45) is 1.31. The van der Waals surface area contributed by atoms with Crippen LogP contribution in [0.3, 0.4) is 0 Å². The topological polar surface area (TPSA) is 106 Å². The maximum absolute atomic E-state index is 11.7. The van der Waals surface area contributed by atoms with Crippen molar-refractivity contribution in [3.8, 4) is 0 Å². The lowest BCUT2D eigenvalue weighted by Crippen LogP contribution is -2.18. The van der Waals surface area contributed by atoms with Gasteiger partial charge in [-0.2, -0.15) is 0 Å². The number of unbranched alkanes of at least 4 members (excludes halogenated alkanes) is 1. The van der Waals surface area contributed by atoms with E-state index in [9.17, 15) is 16.8 Å². The fourth-order valence-electron chi connectivity index (χ4n) is 1.54. The molecule has 0 unspecified atom stereocenters. The summed E-state index contributed by atoms with van der Waals surface area (Å²) < 4.78 is 48.5. The van der Waals surface area contributed by atoms with Crippen LogP contribution in [0.1, 0.15) is 25.3 Å². The second kappa shape index (κ2) is 5.89. The predicted octanol–water partition coefficient (Wildman–Crippen LogP) is 1.18. The van der Waals surface area contributed by atoms with Crippen LogP contribution in [0.25, 0.3) is 0 Å². The predicted molar refractivity (Wildman–Crippen MR) is 74.9 cm³/mol. The summed E-state index contributed by atoms with van der Waals surface area (Å²) in [5, 5.41) is 5.07. The summed E-state index contributed by atoms with van der Waals surface area (Å²) in [5.74, 6) is 0.00207. The van der Waals surface area contributed by atoms with E-state index in [0.29, 0.717) is 12.0 Å². The van der Waals surface area contributed by atoms with E-state index < -0.39 is 20.0 Å². The van der Waals surface area contributed by atoms with E-state index in [1.54, 1.807) is 6.92 Å². The van der Waals surface area contributed by atoms with Crippen LogP contribution in [-0.4, -0.2) is 22.6 Å². The maximum atomic E-state index is 11.7. The lowest BCUT2D eigenvalue weighted by molar-refractivity contribution is 0.595. The van der Waals surface area contributed by atoms with Gasteiger partial charge in [-0.3, -0.25) is 4.72 Å². The molecular formula is C11H18N2O4S2. The molecule has 0 saturated heterocycles. The molecule has 0 radical (unpaired) electrons. The van der Waals surface area contributed by atoms with E-state index in [0.717, 1.165) is 6.42 Å². The van der Waals surface area contributed by atoms with Gasteiger partial charge >= 0.3 is 0 Å². The van der Waals surface area contributed by atoms with Crippen molar-refractivity contribution in [3.63, 3.8) is 0 Å². The van der Waals surface area contributed by atoms with Gasteiger partial charge in [0.25, 0.3) is 0 Å². The molecule has 0 heterocycles. The SMILES string of the molecule is CCCCS(=O)(=O)Nc1ccc(C)c(S(N)(=O)=O)c1. The summed E-state index contributed by atoms with van der Waals surface area (Å²) in [6, 6.07) is 4.25. The van der Waals surface area contributed by atoms with Crippen LogP contribution in [-0.2, 0) is 20.0 Å². The van der Waals surface area contributed by atoms with E-state index in [-0.39, 0.29) is 16.3 Å². The van der Waals surface area contributed by atoms with Gasteiger partial charge in [0.2, 0.25) is 20.0 Å². The van der Waals surface area contributed by atoms with Gasteiger partial charge in [-0.05, 0) is 31.0 Å². The van der Waals surface area contributed by atoms with Crippen molar-refractivity contribution in [2.75, 3.05) is 10.5 Å². The molecule has 8 heteroatoms. The highest BCUT2D eigenvalue weighted by molar-refractivity contribution is 7.92. The van der Waals surface area contributed by atoms with Crippen molar-refractivity contribution < 1.29 is 16.8 Å². The average Bonchev–Trinajstić information content (AvgIpc) is 2.27. The van der Waals surface area contributed by atoms with E-state index in [4.69, 9.17) is 5.14 Å². The zero-order valence-electron chi connectivity index (χ0n) is 10.9. The number of hydrogen-bond acceptors (Lipinski definition) is 4. The van der Waals surface area contributed by atoms with Crippen molar-refractivity contribution >= 4 is 25.7 Å². The third kappa shape index (κ3) is 4.81. The van der Waals surface area contributed by atoms with Gasteiger partial charge in [-0.1, -0.05) is 19.4 Å². The average molecular weight is 306 g/mol. The molecule has 0 aromatic heterocycles. The fraction of sp³-hybridized carbons (Fsp3) is 0.455. The van der Waals surface area contributed by atoms with Crippen molar-refractivity contribution in [2.24, 2.45) is 5.14 Å². The number of rotatable bonds is 6. The number of primary sulfonamides is 1. The first-order valence-electron chi connectivity index (χ1n) is 5.79. The van der Waals surface area contributed by atoms with Crippen LogP contribution in [0.5, 0.6) is 0 Å². The number of nitrogens with two attached hydrogens (primary N) is 1. The molecule has 0 aliphatic carbocycles. The van der Waals surface area contributed by atoms with Crippen molar-refractivity contribution in [2.45, 2.75) is 31.6 Å². The van der Waals surface area contributed by atoms with Crippen LogP contribution < -0.4 is 9.86 Å². The molecule has 3 N–H and O–H groups in total. The Morgan fingerprint density at radius 3 is 2.37 bits per heavy atom. The molecule has 0 bridgehead atoms. The number of nitrogens with one attached hydrogen (secondary N) is 1. The van der Waals surface area contributed by atoms with E-state index in [2.05, 4.69) is 4.72 Å². The van der Waals surface area contributed by atoms with Gasteiger partial charge in [0.05, 0.1) is 10.6 Å². The zero-order chi connectivity index (χ0) is 14.7. The summed E-state index contributed by atoms with van der Waals surface area (Å²) in [6.45, 7) is 3.48. The van der Waals surface area contributed by atoms with Gasteiger partial charge in [-0.15, -0.1) is 0 Å². The zero-order valence-corrected chi connectivity index (χ0v) is 12.5. The smallest absolute Gasteiger partial charge is 0.238 e. The first kappa shape index (κ1) is 15.9.